The predicted molar refractivity (Wildman–Crippen MR) is 108 cm³/mol. The molecule has 3 heterocycles. The molecule has 0 spiro atoms. The number of aromatic nitrogens is 3. The van der Waals surface area contributed by atoms with Crippen molar-refractivity contribution in [1.29, 1.82) is 0 Å². The number of para-hydroxylation sites is 1. The molecule has 9 nitrogen and oxygen atoms in total. The van der Waals surface area contributed by atoms with Crippen LogP contribution in [0.5, 0.6) is 0 Å². The minimum Gasteiger partial charge on any atom is -0.462 e. The van der Waals surface area contributed by atoms with E-state index in [1.165, 1.54) is 4.68 Å². The van der Waals surface area contributed by atoms with Crippen LogP contribution in [0.4, 0.5) is 5.00 Å². The SMILES string of the molecule is CCOC(=O)c1c(NC(=O)Cn2nnc3ccccc32)sc2c1CCS(=O)(=O)C2. The van der Waals surface area contributed by atoms with Crippen molar-refractivity contribution in [3.63, 3.8) is 0 Å². The van der Waals surface area contributed by atoms with Gasteiger partial charge in [-0.15, -0.1) is 16.4 Å². The Labute approximate surface area is 170 Å². The van der Waals surface area contributed by atoms with Gasteiger partial charge in [-0.1, -0.05) is 17.3 Å². The Kier molecular flexibility index (Phi) is 5.09. The van der Waals surface area contributed by atoms with Crippen LogP contribution in [0, 0.1) is 0 Å². The van der Waals surface area contributed by atoms with Crippen LogP contribution >= 0.6 is 11.3 Å². The molecule has 3 aromatic rings. The number of fused-ring (bicyclic) bond motifs is 2. The van der Waals surface area contributed by atoms with Gasteiger partial charge in [0.15, 0.2) is 9.84 Å². The minimum atomic E-state index is -3.21. The summed E-state index contributed by atoms with van der Waals surface area (Å²) in [5, 5.41) is 11.0. The van der Waals surface area contributed by atoms with Gasteiger partial charge in [0.1, 0.15) is 17.1 Å². The number of carbonyl (C=O) groups excluding carboxylic acids is 2. The molecule has 0 aliphatic carbocycles. The second-order valence-corrected chi connectivity index (χ2v) is 9.84. The standard InChI is InChI=1S/C18H18N4O5S2/c1-2-27-18(24)16-11-7-8-29(25,26)10-14(11)28-17(16)19-15(23)9-22-13-6-4-3-5-12(13)20-21-22/h3-6H,2,7-10H2,1H3,(H,19,23). The molecule has 0 saturated carbocycles. The second kappa shape index (κ2) is 7.56. The van der Waals surface area contributed by atoms with Crippen molar-refractivity contribution >= 4 is 49.1 Å². The van der Waals surface area contributed by atoms with Crippen LogP contribution in [-0.2, 0) is 38.1 Å². The monoisotopic (exact) mass is 434 g/mol. The molecule has 0 unspecified atom stereocenters. The lowest BCUT2D eigenvalue weighted by Gasteiger charge is -2.13. The number of esters is 1. The molecule has 1 aromatic carbocycles. The molecule has 0 bridgehead atoms. The lowest BCUT2D eigenvalue weighted by atomic mass is 10.1. The predicted octanol–water partition coefficient (Wildman–Crippen LogP) is 1.78. The third kappa shape index (κ3) is 3.87. The van der Waals surface area contributed by atoms with E-state index < -0.39 is 21.7 Å². The Balaban J connectivity index is 1.63. The topological polar surface area (TPSA) is 120 Å². The fourth-order valence-electron chi connectivity index (χ4n) is 3.27. The summed E-state index contributed by atoms with van der Waals surface area (Å²) in [6.07, 6.45) is 0.228. The molecule has 1 aliphatic rings. The van der Waals surface area contributed by atoms with Crippen LogP contribution < -0.4 is 5.32 Å². The highest BCUT2D eigenvalue weighted by Crippen LogP contribution is 2.38. The number of hydrogen-bond acceptors (Lipinski definition) is 8. The Bertz CT molecular complexity index is 1210. The van der Waals surface area contributed by atoms with Crippen LogP contribution in [0.3, 0.4) is 0 Å². The molecule has 2 aromatic heterocycles. The normalized spacial score (nSPS) is 15.1. The quantitative estimate of drug-likeness (QED) is 0.608. The van der Waals surface area contributed by atoms with Gasteiger partial charge in [0.25, 0.3) is 0 Å². The highest BCUT2D eigenvalue weighted by molar-refractivity contribution is 7.90. The molecule has 1 aliphatic heterocycles. The number of benzene rings is 1. The summed E-state index contributed by atoms with van der Waals surface area (Å²) >= 11 is 1.11. The van der Waals surface area contributed by atoms with Crippen molar-refractivity contribution in [1.82, 2.24) is 15.0 Å². The maximum Gasteiger partial charge on any atom is 0.341 e. The summed E-state index contributed by atoms with van der Waals surface area (Å²) in [7, 11) is -3.21. The van der Waals surface area contributed by atoms with Crippen LogP contribution in [0.15, 0.2) is 24.3 Å². The molecule has 29 heavy (non-hydrogen) atoms. The zero-order chi connectivity index (χ0) is 20.6. The van der Waals surface area contributed by atoms with E-state index in [9.17, 15) is 18.0 Å². The van der Waals surface area contributed by atoms with Gasteiger partial charge in [-0.25, -0.2) is 17.9 Å². The lowest BCUT2D eigenvalue weighted by molar-refractivity contribution is -0.116. The summed E-state index contributed by atoms with van der Waals surface area (Å²) in [5.41, 5.74) is 2.28. The molecule has 0 radical (unpaired) electrons. The number of sulfone groups is 1. The smallest absolute Gasteiger partial charge is 0.341 e. The molecule has 0 fully saturated rings. The summed E-state index contributed by atoms with van der Waals surface area (Å²) in [6, 6.07) is 7.26. The fourth-order valence-corrected chi connectivity index (χ4v) is 6.32. The highest BCUT2D eigenvalue weighted by atomic mass is 32.2. The van der Waals surface area contributed by atoms with Gasteiger partial charge in [0, 0.05) is 4.88 Å². The summed E-state index contributed by atoms with van der Waals surface area (Å²) in [6.45, 7) is 1.78. The van der Waals surface area contributed by atoms with Gasteiger partial charge < -0.3 is 10.1 Å². The lowest BCUT2D eigenvalue weighted by Crippen LogP contribution is -2.22. The van der Waals surface area contributed by atoms with Crippen molar-refractivity contribution in [2.24, 2.45) is 0 Å². The zero-order valence-corrected chi connectivity index (χ0v) is 17.2. The molecular weight excluding hydrogens is 416 g/mol. The maximum absolute atomic E-state index is 12.6. The Morgan fingerprint density at radius 2 is 2.10 bits per heavy atom. The van der Waals surface area contributed by atoms with Gasteiger partial charge in [0.2, 0.25) is 5.91 Å². The Hall–Kier alpha value is -2.79. The molecule has 1 amide bonds. The number of nitrogens with zero attached hydrogens (tertiary/aromatic N) is 3. The molecule has 11 heteroatoms. The summed E-state index contributed by atoms with van der Waals surface area (Å²) in [4.78, 5) is 25.7. The maximum atomic E-state index is 12.6. The third-order valence-electron chi connectivity index (χ3n) is 4.55. The minimum absolute atomic E-state index is 0.0263. The fraction of sp³-hybridized carbons (Fsp3) is 0.333. The highest BCUT2D eigenvalue weighted by Gasteiger charge is 2.32. The van der Waals surface area contributed by atoms with Crippen LogP contribution in [0.25, 0.3) is 11.0 Å². The molecule has 1 N–H and O–H groups in total. The second-order valence-electron chi connectivity index (χ2n) is 6.55. The van der Waals surface area contributed by atoms with Gasteiger partial charge in [-0.05, 0) is 31.0 Å². The summed E-state index contributed by atoms with van der Waals surface area (Å²) in [5.74, 6) is -1.12. The van der Waals surface area contributed by atoms with Gasteiger partial charge in [-0.2, -0.15) is 0 Å². The van der Waals surface area contributed by atoms with E-state index in [1.54, 1.807) is 19.1 Å². The zero-order valence-electron chi connectivity index (χ0n) is 15.5. The number of amides is 1. The van der Waals surface area contributed by atoms with Gasteiger partial charge >= 0.3 is 5.97 Å². The first-order valence-corrected chi connectivity index (χ1v) is 11.6. The van der Waals surface area contributed by atoms with E-state index >= 15 is 0 Å². The summed E-state index contributed by atoms with van der Waals surface area (Å²) < 4.78 is 30.5. The number of rotatable bonds is 5. The van der Waals surface area contributed by atoms with Crippen molar-refractivity contribution in [3.05, 3.63) is 40.3 Å². The molecule has 0 atom stereocenters. The number of thiophene rings is 1. The number of ether oxygens (including phenoxy) is 1. The van der Waals surface area contributed by atoms with E-state index in [-0.39, 0.29) is 36.6 Å². The van der Waals surface area contributed by atoms with Crippen LogP contribution in [0.1, 0.15) is 27.7 Å². The Morgan fingerprint density at radius 1 is 1.31 bits per heavy atom. The number of nitrogens with one attached hydrogen (secondary N) is 1. The average molecular weight is 434 g/mol. The first-order valence-electron chi connectivity index (χ1n) is 8.98. The van der Waals surface area contributed by atoms with Crippen LogP contribution in [-0.4, -0.2) is 47.6 Å². The van der Waals surface area contributed by atoms with Crippen molar-refractivity contribution in [2.75, 3.05) is 17.7 Å². The van der Waals surface area contributed by atoms with E-state index in [1.807, 2.05) is 12.1 Å². The van der Waals surface area contributed by atoms with E-state index in [0.29, 0.717) is 26.5 Å². The number of carbonyl (C=O) groups is 2. The number of anilines is 1. The molecule has 0 saturated heterocycles. The van der Waals surface area contributed by atoms with E-state index in [0.717, 1.165) is 11.3 Å². The first kappa shape index (κ1) is 19.5. The van der Waals surface area contributed by atoms with Crippen molar-refractivity contribution in [2.45, 2.75) is 25.6 Å². The molecule has 152 valence electrons. The van der Waals surface area contributed by atoms with Crippen LogP contribution in [0.2, 0.25) is 0 Å². The van der Waals surface area contributed by atoms with E-state index in [2.05, 4.69) is 15.6 Å². The average Bonchev–Trinajstić information content (AvgIpc) is 3.22. The third-order valence-corrected chi connectivity index (χ3v) is 7.44. The van der Waals surface area contributed by atoms with Crippen molar-refractivity contribution in [3.8, 4) is 0 Å². The molecule has 4 rings (SSSR count). The van der Waals surface area contributed by atoms with Crippen molar-refractivity contribution < 1.29 is 22.7 Å². The largest absolute Gasteiger partial charge is 0.462 e. The first-order chi connectivity index (χ1) is 13.9. The van der Waals surface area contributed by atoms with Gasteiger partial charge in [-0.3, -0.25) is 4.79 Å². The number of hydrogen-bond donors (Lipinski definition) is 1. The van der Waals surface area contributed by atoms with Gasteiger partial charge in [0.05, 0.1) is 29.2 Å². The molecular formula is C18H18N4O5S2. The Morgan fingerprint density at radius 3 is 2.90 bits per heavy atom. The van der Waals surface area contributed by atoms with E-state index in [4.69, 9.17) is 4.74 Å².